The van der Waals surface area contributed by atoms with E-state index in [9.17, 15) is 31.1 Å². The Morgan fingerprint density at radius 1 is 0.931 bits per heavy atom. The summed E-state index contributed by atoms with van der Waals surface area (Å²) in [6.07, 6.45) is -9.96. The zero-order valence-corrected chi connectivity index (χ0v) is 15.0. The molecule has 3 rings (SSSR count). The van der Waals surface area contributed by atoms with Crippen LogP contribution in [0.25, 0.3) is 0 Å². The second kappa shape index (κ2) is 8.06. The van der Waals surface area contributed by atoms with Crippen LogP contribution < -0.4 is 5.32 Å². The maximum absolute atomic E-state index is 13.0. The van der Waals surface area contributed by atoms with Crippen LogP contribution >= 0.6 is 0 Å². The smallest absolute Gasteiger partial charge is 0.371 e. The number of carbonyl (C=O) groups excluding carboxylic acids is 1. The second-order valence-electron chi connectivity index (χ2n) is 6.76. The molecule has 0 spiro atoms. The molecule has 1 amide bonds. The van der Waals surface area contributed by atoms with Crippen molar-refractivity contribution in [1.82, 2.24) is 5.32 Å². The van der Waals surface area contributed by atoms with Gasteiger partial charge in [-0.1, -0.05) is 30.3 Å². The third kappa shape index (κ3) is 5.29. The fourth-order valence-corrected chi connectivity index (χ4v) is 3.22. The summed E-state index contributed by atoms with van der Waals surface area (Å²) in [5.74, 6) is -0.197. The number of rotatable bonds is 4. The van der Waals surface area contributed by atoms with Crippen molar-refractivity contribution in [1.29, 1.82) is 0 Å². The van der Waals surface area contributed by atoms with Gasteiger partial charge in [-0.25, -0.2) is 0 Å². The summed E-state index contributed by atoms with van der Waals surface area (Å²) < 4.78 is 83.7. The van der Waals surface area contributed by atoms with Gasteiger partial charge < -0.3 is 10.1 Å². The van der Waals surface area contributed by atoms with Crippen LogP contribution in [-0.2, 0) is 28.5 Å². The summed E-state index contributed by atoms with van der Waals surface area (Å²) in [6.45, 7) is -0.448. The molecule has 2 aromatic rings. The van der Waals surface area contributed by atoms with Crippen molar-refractivity contribution in [2.45, 2.75) is 43.9 Å². The average molecular weight is 417 g/mol. The van der Waals surface area contributed by atoms with E-state index in [1.807, 2.05) is 0 Å². The zero-order chi connectivity index (χ0) is 21.2. The third-order valence-corrected chi connectivity index (χ3v) is 4.61. The first-order valence-electron chi connectivity index (χ1n) is 8.78. The molecule has 2 atom stereocenters. The highest BCUT2D eigenvalue weighted by atomic mass is 19.4. The predicted octanol–water partition coefficient (Wildman–Crippen LogP) is 5.26. The number of hydrogen-bond donors (Lipinski definition) is 1. The fourth-order valence-electron chi connectivity index (χ4n) is 3.22. The molecule has 29 heavy (non-hydrogen) atoms. The Labute approximate surface area is 162 Å². The van der Waals surface area contributed by atoms with Gasteiger partial charge in [0.2, 0.25) is 5.91 Å². The molecule has 156 valence electrons. The Morgan fingerprint density at radius 3 is 2.07 bits per heavy atom. The number of nitrogens with one attached hydrogen (secondary N) is 1. The number of piperidine rings is 1. The molecule has 1 heterocycles. The molecule has 0 aromatic heterocycles. The Balaban J connectivity index is 1.83. The van der Waals surface area contributed by atoms with Crippen molar-refractivity contribution in [2.75, 3.05) is 0 Å². The van der Waals surface area contributed by atoms with Gasteiger partial charge >= 0.3 is 12.4 Å². The maximum atomic E-state index is 13.0. The molecule has 1 fully saturated rings. The Hall–Kier alpha value is -2.55. The Bertz CT molecular complexity index is 831. The van der Waals surface area contributed by atoms with E-state index < -0.39 is 42.2 Å². The van der Waals surface area contributed by atoms with Crippen LogP contribution in [0.3, 0.4) is 0 Å². The van der Waals surface area contributed by atoms with Crippen molar-refractivity contribution < 1.29 is 35.9 Å². The van der Waals surface area contributed by atoms with Gasteiger partial charge in [0.25, 0.3) is 0 Å². The van der Waals surface area contributed by atoms with Gasteiger partial charge in [0, 0.05) is 6.42 Å². The first kappa shape index (κ1) is 21.2. The van der Waals surface area contributed by atoms with Gasteiger partial charge in [-0.15, -0.1) is 0 Å². The zero-order valence-electron chi connectivity index (χ0n) is 15.0. The van der Waals surface area contributed by atoms with Crippen LogP contribution in [0.1, 0.15) is 41.1 Å². The molecule has 1 saturated heterocycles. The fraction of sp³-hybridized carbons (Fsp3) is 0.350. The van der Waals surface area contributed by atoms with E-state index in [1.165, 1.54) is 0 Å². The van der Waals surface area contributed by atoms with E-state index in [1.54, 1.807) is 30.3 Å². The van der Waals surface area contributed by atoms with E-state index >= 15 is 0 Å². The predicted molar refractivity (Wildman–Crippen MR) is 91.6 cm³/mol. The second-order valence-corrected chi connectivity index (χ2v) is 6.76. The van der Waals surface area contributed by atoms with Gasteiger partial charge in [0.15, 0.2) is 0 Å². The quantitative estimate of drug-likeness (QED) is 0.690. The highest BCUT2D eigenvalue weighted by Gasteiger charge is 2.37. The van der Waals surface area contributed by atoms with Crippen molar-refractivity contribution in [3.8, 4) is 0 Å². The van der Waals surface area contributed by atoms with Crippen molar-refractivity contribution in [3.63, 3.8) is 0 Å². The highest BCUT2D eigenvalue weighted by molar-refractivity contribution is 5.77. The molecule has 1 aliphatic heterocycles. The first-order valence-corrected chi connectivity index (χ1v) is 8.78. The number of amides is 1. The largest absolute Gasteiger partial charge is 0.416 e. The van der Waals surface area contributed by atoms with Crippen LogP contribution in [0.5, 0.6) is 0 Å². The number of ether oxygens (including phenoxy) is 1. The summed E-state index contributed by atoms with van der Waals surface area (Å²) in [7, 11) is 0. The van der Waals surface area contributed by atoms with Gasteiger partial charge in [-0.05, 0) is 35.7 Å². The van der Waals surface area contributed by atoms with Gasteiger partial charge in [-0.2, -0.15) is 26.3 Å². The maximum Gasteiger partial charge on any atom is 0.416 e. The standard InChI is InChI=1S/C20H17F6NO2/c21-19(22,23)14-8-12(9-15(10-14)20(24,25)26)11-29-16-6-7-17(28)27-18(16)13-4-2-1-3-5-13/h1-5,8-10,16,18H,6-7,11H2,(H,27,28)/t16-,18-/m0/s1. The first-order chi connectivity index (χ1) is 13.5. The van der Waals surface area contributed by atoms with E-state index in [-0.39, 0.29) is 24.0 Å². The lowest BCUT2D eigenvalue weighted by atomic mass is 9.94. The summed E-state index contributed by atoms with van der Waals surface area (Å²) in [5, 5.41) is 2.77. The van der Waals surface area contributed by atoms with Gasteiger partial charge in [0.1, 0.15) is 0 Å². The molecule has 0 saturated carbocycles. The minimum absolute atomic E-state index is 0.0805. The molecule has 1 aliphatic rings. The van der Waals surface area contributed by atoms with Crippen LogP contribution in [0, 0.1) is 0 Å². The van der Waals surface area contributed by atoms with E-state index in [0.29, 0.717) is 18.6 Å². The van der Waals surface area contributed by atoms with Crippen LogP contribution in [0.4, 0.5) is 26.3 Å². The summed E-state index contributed by atoms with van der Waals surface area (Å²) in [5.41, 5.74) is -2.27. The van der Waals surface area contributed by atoms with E-state index in [2.05, 4.69) is 5.32 Å². The molecule has 3 nitrogen and oxygen atoms in total. The molecule has 9 heteroatoms. The van der Waals surface area contributed by atoms with E-state index in [4.69, 9.17) is 4.74 Å². The Morgan fingerprint density at radius 2 is 1.52 bits per heavy atom. The van der Waals surface area contributed by atoms with Gasteiger partial charge in [-0.3, -0.25) is 4.79 Å². The third-order valence-electron chi connectivity index (χ3n) is 4.61. The Kier molecular flexibility index (Phi) is 5.88. The minimum Gasteiger partial charge on any atom is -0.371 e. The van der Waals surface area contributed by atoms with Crippen molar-refractivity contribution >= 4 is 5.91 Å². The van der Waals surface area contributed by atoms with Gasteiger partial charge in [0.05, 0.1) is 29.9 Å². The number of carbonyl (C=O) groups is 1. The van der Waals surface area contributed by atoms with Crippen LogP contribution in [-0.4, -0.2) is 12.0 Å². The van der Waals surface area contributed by atoms with Crippen molar-refractivity contribution in [2.24, 2.45) is 0 Å². The lowest BCUT2D eigenvalue weighted by Crippen LogP contribution is -2.42. The molecule has 2 aromatic carbocycles. The topological polar surface area (TPSA) is 38.3 Å². The van der Waals surface area contributed by atoms with Crippen LogP contribution in [0.15, 0.2) is 48.5 Å². The normalized spacial score (nSPS) is 20.4. The molecular weight excluding hydrogens is 400 g/mol. The SMILES string of the molecule is O=C1CC[C@H](OCc2cc(C(F)(F)F)cc(C(F)(F)F)c2)[C@H](c2ccccc2)N1. The molecular formula is C20H17F6NO2. The molecule has 0 unspecified atom stereocenters. The molecule has 0 radical (unpaired) electrons. The summed E-state index contributed by atoms with van der Waals surface area (Å²) in [4.78, 5) is 11.8. The summed E-state index contributed by atoms with van der Waals surface area (Å²) >= 11 is 0. The van der Waals surface area contributed by atoms with E-state index in [0.717, 1.165) is 5.56 Å². The lowest BCUT2D eigenvalue weighted by Gasteiger charge is -2.32. The molecule has 0 bridgehead atoms. The van der Waals surface area contributed by atoms with Crippen LogP contribution in [0.2, 0.25) is 0 Å². The molecule has 1 N–H and O–H groups in total. The molecule has 0 aliphatic carbocycles. The number of halogens is 6. The monoisotopic (exact) mass is 417 g/mol. The number of hydrogen-bond acceptors (Lipinski definition) is 2. The minimum atomic E-state index is -4.92. The van der Waals surface area contributed by atoms with Crippen molar-refractivity contribution in [3.05, 3.63) is 70.8 Å². The average Bonchev–Trinajstić information content (AvgIpc) is 2.66. The summed E-state index contributed by atoms with van der Waals surface area (Å²) in [6, 6.07) is 9.66. The number of benzene rings is 2. The highest BCUT2D eigenvalue weighted by Crippen LogP contribution is 2.37. The number of alkyl halides is 6. The lowest BCUT2D eigenvalue weighted by molar-refractivity contribution is -0.143.